The number of rotatable bonds is 3. The van der Waals surface area contributed by atoms with Crippen LogP contribution >= 0.6 is 11.8 Å². The molecule has 0 unspecified atom stereocenters. The number of nitrogens with zero attached hydrogens (tertiary/aromatic N) is 3. The summed E-state index contributed by atoms with van der Waals surface area (Å²) >= 11 is 1.55. The summed E-state index contributed by atoms with van der Waals surface area (Å²) in [6.07, 6.45) is 8.37. The van der Waals surface area contributed by atoms with E-state index in [1.807, 2.05) is 18.3 Å². The van der Waals surface area contributed by atoms with Crippen LogP contribution in [0.15, 0.2) is 46.5 Å². The maximum absolute atomic E-state index is 9.83. The fourth-order valence-corrected chi connectivity index (χ4v) is 4.62. The molecular formula is C18H19N5S. The molecule has 1 aromatic rings. The van der Waals surface area contributed by atoms with E-state index in [1.54, 1.807) is 18.0 Å². The van der Waals surface area contributed by atoms with Gasteiger partial charge in [-0.1, -0.05) is 25.3 Å². The highest BCUT2D eigenvalue weighted by Gasteiger charge is 2.45. The van der Waals surface area contributed by atoms with Gasteiger partial charge in [0.1, 0.15) is 5.82 Å². The first-order valence-corrected chi connectivity index (χ1v) is 9.04. The minimum absolute atomic E-state index is 0.395. The van der Waals surface area contributed by atoms with E-state index in [1.165, 1.54) is 0 Å². The van der Waals surface area contributed by atoms with Crippen LogP contribution in [0.1, 0.15) is 37.7 Å². The zero-order valence-electron chi connectivity index (χ0n) is 13.4. The van der Waals surface area contributed by atoms with Crippen LogP contribution in [0.2, 0.25) is 0 Å². The first-order valence-electron chi connectivity index (χ1n) is 8.05. The Bertz CT molecular complexity index is 761. The van der Waals surface area contributed by atoms with Crippen LogP contribution in [0.3, 0.4) is 0 Å². The Balaban J connectivity index is 1.95. The average molecular weight is 337 g/mol. The molecule has 3 N–H and O–H groups in total. The first-order chi connectivity index (χ1) is 11.7. The van der Waals surface area contributed by atoms with Gasteiger partial charge in [-0.2, -0.15) is 10.5 Å². The Morgan fingerprint density at radius 1 is 1.21 bits per heavy atom. The number of nitriles is 2. The summed E-state index contributed by atoms with van der Waals surface area (Å²) in [5.41, 5.74) is 7.93. The molecule has 1 fully saturated rings. The summed E-state index contributed by atoms with van der Waals surface area (Å²) in [4.78, 5) is 4.12. The van der Waals surface area contributed by atoms with E-state index in [4.69, 9.17) is 5.73 Å². The van der Waals surface area contributed by atoms with Crippen molar-refractivity contribution in [2.45, 2.75) is 37.9 Å². The first kappa shape index (κ1) is 16.4. The molecule has 1 aliphatic heterocycles. The van der Waals surface area contributed by atoms with Crippen molar-refractivity contribution in [2.24, 2.45) is 11.1 Å². The average Bonchev–Trinajstić information content (AvgIpc) is 2.62. The van der Waals surface area contributed by atoms with Crippen molar-refractivity contribution in [1.29, 1.82) is 10.5 Å². The molecule has 24 heavy (non-hydrogen) atoms. The number of pyridine rings is 1. The highest BCUT2D eigenvalue weighted by atomic mass is 32.2. The molecule has 1 spiro atoms. The van der Waals surface area contributed by atoms with E-state index in [2.05, 4.69) is 22.4 Å². The zero-order valence-corrected chi connectivity index (χ0v) is 14.2. The van der Waals surface area contributed by atoms with Gasteiger partial charge in [-0.15, -0.1) is 11.8 Å². The fraction of sp³-hybridized carbons (Fsp3) is 0.389. The Morgan fingerprint density at radius 2 is 1.96 bits per heavy atom. The molecule has 0 aromatic carbocycles. The second kappa shape index (κ2) is 6.98. The number of hydrogen-bond donors (Lipinski definition) is 2. The molecular weight excluding hydrogens is 318 g/mol. The highest BCUT2D eigenvalue weighted by molar-refractivity contribution is 8.02. The van der Waals surface area contributed by atoms with Crippen molar-refractivity contribution in [2.75, 3.05) is 0 Å². The number of aromatic nitrogens is 1. The van der Waals surface area contributed by atoms with Crippen LogP contribution in [-0.2, 0) is 5.75 Å². The van der Waals surface area contributed by atoms with Gasteiger partial charge in [0.2, 0.25) is 0 Å². The van der Waals surface area contributed by atoms with Crippen molar-refractivity contribution >= 4 is 11.8 Å². The van der Waals surface area contributed by atoms with Gasteiger partial charge in [-0.3, -0.25) is 4.98 Å². The number of hydrogen-bond acceptors (Lipinski definition) is 6. The normalized spacial score (nSPS) is 19.6. The monoisotopic (exact) mass is 337 g/mol. The van der Waals surface area contributed by atoms with Crippen molar-refractivity contribution in [3.05, 3.63) is 52.1 Å². The second-order valence-electron chi connectivity index (χ2n) is 6.13. The molecule has 2 heterocycles. The largest absolute Gasteiger partial charge is 0.384 e. The Kier molecular flexibility index (Phi) is 4.78. The molecule has 0 bridgehead atoms. The maximum atomic E-state index is 9.83. The third-order valence-electron chi connectivity index (χ3n) is 4.74. The lowest BCUT2D eigenvalue weighted by molar-refractivity contribution is 0.294. The molecule has 1 aliphatic carbocycles. The molecule has 1 saturated carbocycles. The Hall–Kier alpha value is -2.44. The third kappa shape index (κ3) is 2.86. The van der Waals surface area contributed by atoms with E-state index >= 15 is 0 Å². The summed E-state index contributed by atoms with van der Waals surface area (Å²) in [5.74, 6) is 1.10. The second-order valence-corrected chi connectivity index (χ2v) is 7.12. The number of allylic oxidation sites excluding steroid dienone is 2. The van der Waals surface area contributed by atoms with Crippen LogP contribution in [0.5, 0.6) is 0 Å². The van der Waals surface area contributed by atoms with Gasteiger partial charge in [0.15, 0.2) is 0 Å². The minimum atomic E-state index is -0.506. The summed E-state index contributed by atoms with van der Waals surface area (Å²) in [6.45, 7) is 0. The van der Waals surface area contributed by atoms with Crippen molar-refractivity contribution in [1.82, 2.24) is 10.3 Å². The van der Waals surface area contributed by atoms with Crippen LogP contribution in [0, 0.1) is 28.1 Å². The van der Waals surface area contributed by atoms with Gasteiger partial charge < -0.3 is 11.1 Å². The lowest BCUT2D eigenvalue weighted by atomic mass is 9.64. The van der Waals surface area contributed by atoms with Crippen LogP contribution in [0.4, 0.5) is 0 Å². The van der Waals surface area contributed by atoms with E-state index in [0.717, 1.165) is 42.7 Å². The molecule has 5 nitrogen and oxygen atoms in total. The highest BCUT2D eigenvalue weighted by Crippen LogP contribution is 2.52. The Labute approximate surface area is 146 Å². The molecule has 122 valence electrons. The lowest BCUT2D eigenvalue weighted by Gasteiger charge is -2.40. The fourth-order valence-electron chi connectivity index (χ4n) is 3.58. The zero-order chi connectivity index (χ0) is 17.0. The molecule has 0 atom stereocenters. The molecule has 0 saturated heterocycles. The number of thioether (sulfide) groups is 1. The van der Waals surface area contributed by atoms with Gasteiger partial charge in [0, 0.05) is 23.6 Å². The smallest absolute Gasteiger partial charge is 0.116 e. The Morgan fingerprint density at radius 3 is 2.58 bits per heavy atom. The van der Waals surface area contributed by atoms with Crippen molar-refractivity contribution in [3.63, 3.8) is 0 Å². The van der Waals surface area contributed by atoms with Gasteiger partial charge in [0.05, 0.1) is 28.3 Å². The number of nitrogens with one attached hydrogen (secondary N) is 1. The summed E-state index contributed by atoms with van der Waals surface area (Å²) in [6, 6.07) is 8.54. The van der Waals surface area contributed by atoms with Gasteiger partial charge >= 0.3 is 0 Å². The standard InChI is InChI=1S/C18H19N5S/c19-9-14-16(21)23-17(24-12-13-5-4-8-22-11-13)15(10-20)18(14)6-2-1-3-7-18/h4-5,8,11,23H,1-3,6-7,12,21H2. The van der Waals surface area contributed by atoms with E-state index < -0.39 is 5.41 Å². The van der Waals surface area contributed by atoms with Crippen molar-refractivity contribution < 1.29 is 0 Å². The van der Waals surface area contributed by atoms with E-state index in [-0.39, 0.29) is 0 Å². The predicted molar refractivity (Wildman–Crippen MR) is 93.7 cm³/mol. The molecule has 0 amide bonds. The van der Waals surface area contributed by atoms with Crippen molar-refractivity contribution in [3.8, 4) is 12.1 Å². The topological polar surface area (TPSA) is 98.5 Å². The SMILES string of the molecule is N#CC1=C(N)NC(SCc2cccnc2)=C(C#N)C12CCCCC2. The molecule has 6 heteroatoms. The van der Waals surface area contributed by atoms with Crippen LogP contribution in [-0.4, -0.2) is 4.98 Å². The molecule has 0 radical (unpaired) electrons. The summed E-state index contributed by atoms with van der Waals surface area (Å²) in [5, 5.41) is 23.3. The summed E-state index contributed by atoms with van der Waals surface area (Å²) in [7, 11) is 0. The quantitative estimate of drug-likeness (QED) is 0.878. The number of nitrogens with two attached hydrogens (primary N) is 1. The minimum Gasteiger partial charge on any atom is -0.384 e. The molecule has 3 rings (SSSR count). The maximum Gasteiger partial charge on any atom is 0.116 e. The third-order valence-corrected chi connectivity index (χ3v) is 5.81. The van der Waals surface area contributed by atoms with Crippen LogP contribution < -0.4 is 11.1 Å². The lowest BCUT2D eigenvalue weighted by Crippen LogP contribution is -2.39. The van der Waals surface area contributed by atoms with E-state index in [0.29, 0.717) is 22.7 Å². The van der Waals surface area contributed by atoms with Gasteiger partial charge in [-0.05, 0) is 24.5 Å². The van der Waals surface area contributed by atoms with E-state index in [9.17, 15) is 10.5 Å². The molecule has 2 aliphatic rings. The van der Waals surface area contributed by atoms with Gasteiger partial charge in [-0.25, -0.2) is 0 Å². The van der Waals surface area contributed by atoms with Gasteiger partial charge in [0.25, 0.3) is 0 Å². The summed E-state index contributed by atoms with van der Waals surface area (Å²) < 4.78 is 0. The van der Waals surface area contributed by atoms with Crippen LogP contribution in [0.25, 0.3) is 0 Å². The molecule has 1 aromatic heterocycles. The predicted octanol–water partition coefficient (Wildman–Crippen LogP) is 3.30. The number of dihydropyridines is 1.